The molecule has 0 atom stereocenters. The second-order valence-electron chi connectivity index (χ2n) is 7.44. The van der Waals surface area contributed by atoms with E-state index in [2.05, 4.69) is 26.6 Å². The highest BCUT2D eigenvalue weighted by Gasteiger charge is 2.19. The number of fused-ring (bicyclic) bond motifs is 1. The zero-order valence-corrected chi connectivity index (χ0v) is 16.5. The number of nitrogens with zero attached hydrogens (tertiary/aromatic N) is 3. The minimum Gasteiger partial charge on any atom is -0.354 e. The number of hydrogen-bond acceptors (Lipinski definition) is 5. The smallest absolute Gasteiger partial charge is 0.261 e. The van der Waals surface area contributed by atoms with Crippen LogP contribution in [0.25, 0.3) is 0 Å². The number of sulfonamides is 1. The average Bonchev–Trinajstić information content (AvgIpc) is 2.68. The number of benzene rings is 1. The Labute approximate surface area is 161 Å². The van der Waals surface area contributed by atoms with Crippen LogP contribution in [0.3, 0.4) is 0 Å². The number of anilines is 2. The Balaban J connectivity index is 1.48. The van der Waals surface area contributed by atoms with Crippen LogP contribution in [-0.2, 0) is 22.9 Å². The predicted octanol–water partition coefficient (Wildman–Crippen LogP) is 2.51. The summed E-state index contributed by atoms with van der Waals surface area (Å²) in [6.07, 6.45) is 5.91. The van der Waals surface area contributed by atoms with E-state index in [4.69, 9.17) is 0 Å². The van der Waals surface area contributed by atoms with Crippen LogP contribution in [-0.4, -0.2) is 51.5 Å². The highest BCUT2D eigenvalue weighted by Crippen LogP contribution is 2.25. The third kappa shape index (κ3) is 4.09. The maximum atomic E-state index is 12.8. The first kappa shape index (κ1) is 18.3. The maximum Gasteiger partial charge on any atom is 0.261 e. The molecule has 1 saturated heterocycles. The van der Waals surface area contributed by atoms with Crippen LogP contribution >= 0.6 is 0 Å². The molecular weight excluding hydrogens is 360 g/mol. The van der Waals surface area contributed by atoms with Crippen LogP contribution in [0.15, 0.2) is 41.4 Å². The average molecular weight is 387 g/mol. The lowest BCUT2D eigenvalue weighted by Crippen LogP contribution is -2.44. The van der Waals surface area contributed by atoms with Crippen LogP contribution in [0.5, 0.6) is 0 Å². The van der Waals surface area contributed by atoms with Gasteiger partial charge in [0.05, 0.1) is 16.8 Å². The number of rotatable bonds is 4. The summed E-state index contributed by atoms with van der Waals surface area (Å²) >= 11 is 0. The summed E-state index contributed by atoms with van der Waals surface area (Å²) in [7, 11) is -1.49. The molecule has 1 N–H and O–H groups in total. The molecule has 1 aromatic heterocycles. The van der Waals surface area contributed by atoms with Gasteiger partial charge in [-0.2, -0.15) is 0 Å². The van der Waals surface area contributed by atoms with Gasteiger partial charge in [0, 0.05) is 26.2 Å². The minimum atomic E-state index is -3.60. The number of hydrogen-bond donors (Lipinski definition) is 1. The first-order valence-corrected chi connectivity index (χ1v) is 11.0. The molecule has 7 heteroatoms. The van der Waals surface area contributed by atoms with Crippen molar-refractivity contribution in [2.24, 2.45) is 0 Å². The van der Waals surface area contributed by atoms with Crippen LogP contribution in [0, 0.1) is 0 Å². The Morgan fingerprint density at radius 1 is 0.963 bits per heavy atom. The Bertz CT molecular complexity index is 904. The fourth-order valence-electron chi connectivity index (χ4n) is 3.76. The van der Waals surface area contributed by atoms with Crippen LogP contribution < -0.4 is 9.62 Å². The van der Waals surface area contributed by atoms with Crippen molar-refractivity contribution in [2.75, 3.05) is 42.8 Å². The molecule has 1 aliphatic heterocycles. The SMILES string of the molecule is CN1CCN(c2ccc(NS(=O)(=O)c3ccc4c(c3)CCCC4)cn2)CC1. The number of aromatic nitrogens is 1. The summed E-state index contributed by atoms with van der Waals surface area (Å²) in [5.74, 6) is 0.889. The molecule has 27 heavy (non-hydrogen) atoms. The fourth-order valence-corrected chi connectivity index (χ4v) is 4.85. The van der Waals surface area contributed by atoms with E-state index >= 15 is 0 Å². The Morgan fingerprint density at radius 3 is 2.41 bits per heavy atom. The van der Waals surface area contributed by atoms with Gasteiger partial charge >= 0.3 is 0 Å². The fraction of sp³-hybridized carbons (Fsp3) is 0.450. The summed E-state index contributed by atoms with van der Waals surface area (Å²) in [6.45, 7) is 3.89. The summed E-state index contributed by atoms with van der Waals surface area (Å²) in [4.78, 5) is 9.29. The van der Waals surface area contributed by atoms with E-state index in [9.17, 15) is 8.42 Å². The third-order valence-electron chi connectivity index (χ3n) is 5.46. The van der Waals surface area contributed by atoms with Crippen molar-refractivity contribution >= 4 is 21.5 Å². The zero-order chi connectivity index (χ0) is 18.9. The first-order chi connectivity index (χ1) is 13.0. The molecule has 1 aliphatic carbocycles. The number of pyridine rings is 1. The van der Waals surface area contributed by atoms with E-state index in [-0.39, 0.29) is 0 Å². The topological polar surface area (TPSA) is 65.5 Å². The summed E-state index contributed by atoms with van der Waals surface area (Å²) in [5.41, 5.74) is 2.93. The monoisotopic (exact) mass is 386 g/mol. The molecule has 2 aromatic rings. The highest BCUT2D eigenvalue weighted by atomic mass is 32.2. The van der Waals surface area contributed by atoms with Crippen molar-refractivity contribution in [3.63, 3.8) is 0 Å². The van der Waals surface area contributed by atoms with E-state index in [0.29, 0.717) is 10.6 Å². The van der Waals surface area contributed by atoms with Crippen molar-refractivity contribution in [1.29, 1.82) is 0 Å². The largest absolute Gasteiger partial charge is 0.354 e. The second-order valence-corrected chi connectivity index (χ2v) is 9.12. The van der Waals surface area contributed by atoms with Crippen molar-refractivity contribution in [3.05, 3.63) is 47.7 Å². The van der Waals surface area contributed by atoms with Gasteiger partial charge in [0.2, 0.25) is 0 Å². The normalized spacial score (nSPS) is 18.2. The number of nitrogens with one attached hydrogen (secondary N) is 1. The van der Waals surface area contributed by atoms with Gasteiger partial charge in [0.25, 0.3) is 10.0 Å². The molecular formula is C20H26N4O2S. The quantitative estimate of drug-likeness (QED) is 0.875. The zero-order valence-electron chi connectivity index (χ0n) is 15.7. The van der Waals surface area contributed by atoms with E-state index in [0.717, 1.165) is 56.8 Å². The second kappa shape index (κ2) is 7.48. The summed E-state index contributed by atoms with van der Waals surface area (Å²) in [6, 6.07) is 9.16. The molecule has 4 rings (SSSR count). The predicted molar refractivity (Wildman–Crippen MR) is 108 cm³/mol. The van der Waals surface area contributed by atoms with Gasteiger partial charge < -0.3 is 9.80 Å². The van der Waals surface area contributed by atoms with Crippen molar-refractivity contribution in [3.8, 4) is 0 Å². The molecule has 2 heterocycles. The molecule has 0 unspecified atom stereocenters. The molecule has 144 valence electrons. The van der Waals surface area contributed by atoms with E-state index in [1.165, 1.54) is 12.0 Å². The highest BCUT2D eigenvalue weighted by molar-refractivity contribution is 7.92. The minimum absolute atomic E-state index is 0.325. The molecule has 1 aromatic carbocycles. The molecule has 6 nitrogen and oxygen atoms in total. The van der Waals surface area contributed by atoms with E-state index in [1.807, 2.05) is 18.2 Å². The van der Waals surface area contributed by atoms with Gasteiger partial charge in [0.1, 0.15) is 5.82 Å². The van der Waals surface area contributed by atoms with Crippen molar-refractivity contribution in [1.82, 2.24) is 9.88 Å². The van der Waals surface area contributed by atoms with Gasteiger partial charge in [-0.25, -0.2) is 13.4 Å². The van der Waals surface area contributed by atoms with Gasteiger partial charge in [-0.05, 0) is 68.1 Å². The molecule has 0 bridgehead atoms. The van der Waals surface area contributed by atoms with Crippen LogP contribution in [0.4, 0.5) is 11.5 Å². The number of piperazine rings is 1. The van der Waals surface area contributed by atoms with Crippen LogP contribution in [0.1, 0.15) is 24.0 Å². The van der Waals surface area contributed by atoms with Gasteiger partial charge in [0.15, 0.2) is 0 Å². The van der Waals surface area contributed by atoms with Gasteiger partial charge in [-0.15, -0.1) is 0 Å². The molecule has 2 aliphatic rings. The molecule has 0 saturated carbocycles. The van der Waals surface area contributed by atoms with Gasteiger partial charge in [-0.3, -0.25) is 4.72 Å². The van der Waals surface area contributed by atoms with E-state index in [1.54, 1.807) is 18.3 Å². The lowest BCUT2D eigenvalue weighted by atomic mass is 9.92. The summed E-state index contributed by atoms with van der Waals surface area (Å²) in [5, 5.41) is 0. The molecule has 1 fully saturated rings. The maximum absolute atomic E-state index is 12.8. The first-order valence-electron chi connectivity index (χ1n) is 9.55. The standard InChI is InChI=1S/C20H26N4O2S/c1-23-10-12-24(13-11-23)20-9-7-18(15-21-20)22-27(25,26)19-8-6-16-4-2-3-5-17(16)14-19/h6-9,14-15,22H,2-5,10-13H2,1H3. The molecule has 0 amide bonds. The Morgan fingerprint density at radius 2 is 1.70 bits per heavy atom. The molecule has 0 radical (unpaired) electrons. The van der Waals surface area contributed by atoms with Gasteiger partial charge in [-0.1, -0.05) is 6.07 Å². The third-order valence-corrected chi connectivity index (χ3v) is 6.84. The lowest BCUT2D eigenvalue weighted by molar-refractivity contribution is 0.312. The summed E-state index contributed by atoms with van der Waals surface area (Å²) < 4.78 is 28.2. The Hall–Kier alpha value is -2.12. The van der Waals surface area contributed by atoms with E-state index < -0.39 is 10.0 Å². The van der Waals surface area contributed by atoms with Crippen molar-refractivity contribution in [2.45, 2.75) is 30.6 Å². The lowest BCUT2D eigenvalue weighted by Gasteiger charge is -2.33. The van der Waals surface area contributed by atoms with Crippen molar-refractivity contribution < 1.29 is 8.42 Å². The van der Waals surface area contributed by atoms with Crippen LogP contribution in [0.2, 0.25) is 0 Å². The number of likely N-dealkylation sites (N-methyl/N-ethyl adjacent to an activating group) is 1. The number of aryl methyl sites for hydroxylation is 2. The molecule has 0 spiro atoms. The Kier molecular flexibility index (Phi) is 5.06.